The summed E-state index contributed by atoms with van der Waals surface area (Å²) in [5.74, 6) is -0.469. The van der Waals surface area contributed by atoms with Crippen LogP contribution in [0.2, 0.25) is 0 Å². The summed E-state index contributed by atoms with van der Waals surface area (Å²) >= 11 is 0. The molecule has 2 aromatic rings. The predicted octanol–water partition coefficient (Wildman–Crippen LogP) is 2.75. The van der Waals surface area contributed by atoms with Gasteiger partial charge in [0.1, 0.15) is 12.4 Å². The number of carbonyl (C=O) groups is 1. The van der Waals surface area contributed by atoms with Crippen molar-refractivity contribution in [2.24, 2.45) is 0 Å². The SMILES string of the molecule is O=C(COCc1ccncc1)N1CCN(C2CC2)c2ccc(F)cc21. The Hall–Kier alpha value is -2.47. The Kier molecular flexibility index (Phi) is 4.36. The van der Waals surface area contributed by atoms with E-state index in [2.05, 4.69) is 9.88 Å². The molecule has 1 aromatic carbocycles. The lowest BCUT2D eigenvalue weighted by Gasteiger charge is -2.38. The molecule has 25 heavy (non-hydrogen) atoms. The van der Waals surface area contributed by atoms with Gasteiger partial charge < -0.3 is 14.5 Å². The number of rotatable bonds is 5. The van der Waals surface area contributed by atoms with Crippen LogP contribution in [0.1, 0.15) is 18.4 Å². The molecule has 0 radical (unpaired) electrons. The lowest BCUT2D eigenvalue weighted by molar-refractivity contribution is -0.123. The minimum Gasteiger partial charge on any atom is -0.367 e. The van der Waals surface area contributed by atoms with E-state index in [0.29, 0.717) is 24.9 Å². The first-order valence-corrected chi connectivity index (χ1v) is 8.55. The van der Waals surface area contributed by atoms with Crippen LogP contribution in [0.4, 0.5) is 15.8 Å². The first-order chi connectivity index (χ1) is 12.2. The summed E-state index contributed by atoms with van der Waals surface area (Å²) in [5.41, 5.74) is 2.56. The largest absolute Gasteiger partial charge is 0.367 e. The molecule has 0 N–H and O–H groups in total. The summed E-state index contributed by atoms with van der Waals surface area (Å²) in [5, 5.41) is 0. The van der Waals surface area contributed by atoms with Crippen molar-refractivity contribution in [3.63, 3.8) is 0 Å². The summed E-state index contributed by atoms with van der Waals surface area (Å²) < 4.78 is 19.3. The fourth-order valence-electron chi connectivity index (χ4n) is 3.24. The van der Waals surface area contributed by atoms with Crippen LogP contribution in [0.3, 0.4) is 0 Å². The van der Waals surface area contributed by atoms with Crippen LogP contribution >= 0.6 is 0 Å². The highest BCUT2D eigenvalue weighted by Crippen LogP contribution is 2.40. The average Bonchev–Trinajstić information content (AvgIpc) is 3.46. The van der Waals surface area contributed by atoms with Gasteiger partial charge in [0.2, 0.25) is 0 Å². The minimum atomic E-state index is -0.327. The Labute approximate surface area is 146 Å². The van der Waals surface area contributed by atoms with Gasteiger partial charge in [-0.2, -0.15) is 0 Å². The molecule has 0 spiro atoms. The van der Waals surface area contributed by atoms with E-state index in [1.807, 2.05) is 12.1 Å². The standard InChI is InChI=1S/C19H20FN3O2/c20-15-1-4-17-18(11-15)23(10-9-22(17)16-2-3-16)19(24)13-25-12-14-5-7-21-8-6-14/h1,4-8,11,16H,2-3,9-10,12-13H2. The monoisotopic (exact) mass is 341 g/mol. The molecule has 2 aliphatic rings. The fraction of sp³-hybridized carbons (Fsp3) is 0.368. The number of hydrogen-bond acceptors (Lipinski definition) is 4. The highest BCUT2D eigenvalue weighted by Gasteiger charge is 2.35. The number of halogens is 1. The zero-order valence-corrected chi connectivity index (χ0v) is 13.9. The van der Waals surface area contributed by atoms with Crippen molar-refractivity contribution in [2.45, 2.75) is 25.5 Å². The van der Waals surface area contributed by atoms with Gasteiger partial charge in [-0.15, -0.1) is 0 Å². The van der Waals surface area contributed by atoms with E-state index in [4.69, 9.17) is 4.74 Å². The molecule has 5 nitrogen and oxygen atoms in total. The second-order valence-electron chi connectivity index (χ2n) is 6.45. The number of pyridine rings is 1. The van der Waals surface area contributed by atoms with Gasteiger partial charge in [0.05, 0.1) is 18.0 Å². The smallest absolute Gasteiger partial charge is 0.253 e. The summed E-state index contributed by atoms with van der Waals surface area (Å²) in [6.45, 7) is 1.66. The van der Waals surface area contributed by atoms with Crippen molar-refractivity contribution in [3.8, 4) is 0 Å². The van der Waals surface area contributed by atoms with Crippen LogP contribution in [0.25, 0.3) is 0 Å². The molecule has 1 aliphatic carbocycles. The third-order valence-electron chi connectivity index (χ3n) is 4.63. The molecule has 1 aromatic heterocycles. The number of benzene rings is 1. The predicted molar refractivity (Wildman–Crippen MR) is 93.0 cm³/mol. The van der Waals surface area contributed by atoms with Crippen molar-refractivity contribution < 1.29 is 13.9 Å². The number of nitrogens with zero attached hydrogens (tertiary/aromatic N) is 3. The van der Waals surface area contributed by atoms with Crippen LogP contribution in [0.15, 0.2) is 42.7 Å². The molecule has 0 saturated heterocycles. The third kappa shape index (κ3) is 3.49. The van der Waals surface area contributed by atoms with E-state index in [9.17, 15) is 9.18 Å². The Balaban J connectivity index is 1.45. The van der Waals surface area contributed by atoms with E-state index >= 15 is 0 Å². The zero-order valence-electron chi connectivity index (χ0n) is 13.9. The number of carbonyl (C=O) groups excluding carboxylic acids is 1. The fourth-order valence-corrected chi connectivity index (χ4v) is 3.24. The molecule has 4 rings (SSSR count). The van der Waals surface area contributed by atoms with Gasteiger partial charge in [-0.1, -0.05) is 0 Å². The Morgan fingerprint density at radius 2 is 1.96 bits per heavy atom. The topological polar surface area (TPSA) is 45.7 Å². The van der Waals surface area contributed by atoms with Gasteiger partial charge in [-0.25, -0.2) is 4.39 Å². The average molecular weight is 341 g/mol. The Morgan fingerprint density at radius 3 is 2.72 bits per heavy atom. The summed E-state index contributed by atoms with van der Waals surface area (Å²) in [6.07, 6.45) is 5.72. The van der Waals surface area contributed by atoms with Crippen LogP contribution < -0.4 is 9.80 Å². The zero-order chi connectivity index (χ0) is 17.2. The molecular weight excluding hydrogens is 321 g/mol. The first kappa shape index (κ1) is 16.0. The van der Waals surface area contributed by atoms with Gasteiger partial charge in [-0.05, 0) is 48.7 Å². The molecule has 130 valence electrons. The molecule has 0 bridgehead atoms. The first-order valence-electron chi connectivity index (χ1n) is 8.55. The quantitative estimate of drug-likeness (QED) is 0.839. The number of fused-ring (bicyclic) bond motifs is 1. The van der Waals surface area contributed by atoms with Gasteiger partial charge in [0, 0.05) is 31.5 Å². The number of amides is 1. The van der Waals surface area contributed by atoms with E-state index in [1.165, 1.54) is 25.0 Å². The van der Waals surface area contributed by atoms with Crippen molar-refractivity contribution in [1.82, 2.24) is 4.98 Å². The van der Waals surface area contributed by atoms with Gasteiger partial charge >= 0.3 is 0 Å². The molecule has 0 atom stereocenters. The summed E-state index contributed by atoms with van der Waals surface area (Å²) in [7, 11) is 0. The van der Waals surface area contributed by atoms with Crippen LogP contribution in [-0.2, 0) is 16.1 Å². The molecule has 0 unspecified atom stereocenters. The molecule has 6 heteroatoms. The third-order valence-corrected chi connectivity index (χ3v) is 4.63. The highest BCUT2D eigenvalue weighted by atomic mass is 19.1. The Morgan fingerprint density at radius 1 is 1.16 bits per heavy atom. The molecule has 1 amide bonds. The molecular formula is C19H20FN3O2. The molecule has 1 aliphatic heterocycles. The lowest BCUT2D eigenvalue weighted by atomic mass is 10.1. The van der Waals surface area contributed by atoms with Crippen molar-refractivity contribution >= 4 is 17.3 Å². The van der Waals surface area contributed by atoms with E-state index in [-0.39, 0.29) is 18.3 Å². The maximum Gasteiger partial charge on any atom is 0.253 e. The van der Waals surface area contributed by atoms with Crippen molar-refractivity contribution in [2.75, 3.05) is 29.5 Å². The maximum atomic E-state index is 13.8. The molecule has 1 fully saturated rings. The number of anilines is 2. The van der Waals surface area contributed by atoms with Crippen LogP contribution in [0, 0.1) is 5.82 Å². The summed E-state index contributed by atoms with van der Waals surface area (Å²) in [6, 6.07) is 8.92. The van der Waals surface area contributed by atoms with Crippen LogP contribution in [-0.4, -0.2) is 36.6 Å². The second-order valence-corrected chi connectivity index (χ2v) is 6.45. The van der Waals surface area contributed by atoms with Crippen molar-refractivity contribution in [1.29, 1.82) is 0 Å². The summed E-state index contributed by atoms with van der Waals surface area (Å²) in [4.78, 5) is 20.5. The van der Waals surface area contributed by atoms with E-state index in [0.717, 1.165) is 17.8 Å². The van der Waals surface area contributed by atoms with Gasteiger partial charge in [0.25, 0.3) is 5.91 Å². The minimum absolute atomic E-state index is 0.0261. The maximum absolute atomic E-state index is 13.8. The van der Waals surface area contributed by atoms with Gasteiger partial charge in [-0.3, -0.25) is 9.78 Å². The van der Waals surface area contributed by atoms with Crippen LogP contribution in [0.5, 0.6) is 0 Å². The highest BCUT2D eigenvalue weighted by molar-refractivity contribution is 5.98. The van der Waals surface area contributed by atoms with Gasteiger partial charge in [0.15, 0.2) is 0 Å². The van der Waals surface area contributed by atoms with E-state index < -0.39 is 0 Å². The second kappa shape index (κ2) is 6.80. The van der Waals surface area contributed by atoms with Crippen molar-refractivity contribution in [3.05, 3.63) is 54.1 Å². The number of hydrogen-bond donors (Lipinski definition) is 0. The normalized spacial score (nSPS) is 16.7. The Bertz CT molecular complexity index is 765. The number of aromatic nitrogens is 1. The molecule has 1 saturated carbocycles. The lowest BCUT2D eigenvalue weighted by Crippen LogP contribution is -2.46. The van der Waals surface area contributed by atoms with E-state index in [1.54, 1.807) is 23.4 Å². The molecule has 2 heterocycles. The number of ether oxygens (including phenoxy) is 1.